The zero-order valence-corrected chi connectivity index (χ0v) is 5.09. The van der Waals surface area contributed by atoms with Crippen LogP contribution in [0.4, 0.5) is 22.0 Å². The fourth-order valence-corrected chi connectivity index (χ4v) is 0.258. The van der Waals surface area contributed by atoms with Crippen molar-refractivity contribution in [1.29, 1.82) is 0 Å². The van der Waals surface area contributed by atoms with Gasteiger partial charge in [-0.2, -0.15) is 17.6 Å². The van der Waals surface area contributed by atoms with E-state index < -0.39 is 18.4 Å². The van der Waals surface area contributed by atoms with Gasteiger partial charge in [0, 0.05) is 0 Å². The van der Waals surface area contributed by atoms with Gasteiger partial charge in [-0.25, -0.2) is 4.39 Å². The van der Waals surface area contributed by atoms with Gasteiger partial charge < -0.3 is 0 Å². The molecule has 2 atom stereocenters. The second-order valence-electron chi connectivity index (χ2n) is 1.25. The molecule has 0 saturated heterocycles. The molecule has 0 fully saturated rings. The standard InChI is InChI=1S/C3H2ClF5O/c4-2(6)10-1(5)3(7,8)9/h1-2H/t1-,2-/m1/s1. The number of hydrogen-bond donors (Lipinski definition) is 0. The van der Waals surface area contributed by atoms with Crippen LogP contribution in [0.3, 0.4) is 0 Å². The van der Waals surface area contributed by atoms with Crippen LogP contribution in [0, 0.1) is 0 Å². The van der Waals surface area contributed by atoms with Crippen molar-refractivity contribution in [3.63, 3.8) is 0 Å². The third-order valence-electron chi connectivity index (χ3n) is 0.480. The highest BCUT2D eigenvalue weighted by atomic mass is 35.5. The van der Waals surface area contributed by atoms with Crippen molar-refractivity contribution in [3.05, 3.63) is 0 Å². The van der Waals surface area contributed by atoms with Crippen molar-refractivity contribution < 1.29 is 26.7 Å². The Morgan fingerprint density at radius 2 is 1.60 bits per heavy atom. The second-order valence-corrected chi connectivity index (χ2v) is 1.60. The summed E-state index contributed by atoms with van der Waals surface area (Å²) in [6, 6.07) is 0. The van der Waals surface area contributed by atoms with E-state index in [0.29, 0.717) is 0 Å². The zero-order chi connectivity index (χ0) is 8.36. The highest BCUT2D eigenvalue weighted by Crippen LogP contribution is 2.25. The lowest BCUT2D eigenvalue weighted by Crippen LogP contribution is -2.28. The van der Waals surface area contributed by atoms with Crippen LogP contribution in [0.15, 0.2) is 0 Å². The van der Waals surface area contributed by atoms with Crippen LogP contribution >= 0.6 is 11.6 Å². The maximum Gasteiger partial charge on any atom is 0.445 e. The molecule has 0 aliphatic heterocycles. The molecule has 0 radical (unpaired) electrons. The fraction of sp³-hybridized carbons (Fsp3) is 1.00. The number of alkyl halides is 6. The Balaban J connectivity index is 3.73. The minimum absolute atomic E-state index is 2.78. The van der Waals surface area contributed by atoms with E-state index in [4.69, 9.17) is 0 Å². The lowest BCUT2D eigenvalue weighted by atomic mass is 10.7. The number of halogens is 6. The molecule has 0 aromatic rings. The van der Waals surface area contributed by atoms with Gasteiger partial charge in [0.25, 0.3) is 12.2 Å². The van der Waals surface area contributed by atoms with E-state index in [2.05, 4.69) is 16.3 Å². The second kappa shape index (κ2) is 3.34. The van der Waals surface area contributed by atoms with E-state index in [9.17, 15) is 22.0 Å². The summed E-state index contributed by atoms with van der Waals surface area (Å²) in [5.41, 5.74) is 0. The van der Waals surface area contributed by atoms with Gasteiger partial charge >= 0.3 is 6.18 Å². The van der Waals surface area contributed by atoms with E-state index in [1.54, 1.807) is 0 Å². The van der Waals surface area contributed by atoms with Gasteiger partial charge in [0.15, 0.2) is 0 Å². The fourth-order valence-electron chi connectivity index (χ4n) is 0.167. The maximum absolute atomic E-state index is 11.5. The van der Waals surface area contributed by atoms with E-state index in [0.717, 1.165) is 0 Å². The first-order valence-corrected chi connectivity index (χ1v) is 2.42. The third kappa shape index (κ3) is 3.84. The highest BCUT2D eigenvalue weighted by Gasteiger charge is 2.42. The monoisotopic (exact) mass is 184 g/mol. The Bertz CT molecular complexity index is 102. The lowest BCUT2D eigenvalue weighted by molar-refractivity contribution is -0.279. The molecule has 0 aliphatic rings. The largest absolute Gasteiger partial charge is 0.445 e. The summed E-state index contributed by atoms with van der Waals surface area (Å²) in [7, 11) is 0. The molecular weight excluding hydrogens is 182 g/mol. The summed E-state index contributed by atoms with van der Waals surface area (Å²) in [6.45, 7) is 0. The molecule has 10 heavy (non-hydrogen) atoms. The molecule has 0 heterocycles. The van der Waals surface area contributed by atoms with Crippen molar-refractivity contribution in [2.45, 2.75) is 18.4 Å². The normalized spacial score (nSPS) is 18.6. The van der Waals surface area contributed by atoms with E-state index in [-0.39, 0.29) is 0 Å². The maximum atomic E-state index is 11.5. The van der Waals surface area contributed by atoms with Gasteiger partial charge in [-0.1, -0.05) is 11.6 Å². The van der Waals surface area contributed by atoms with Gasteiger partial charge in [-0.15, -0.1) is 0 Å². The number of hydrogen-bond acceptors (Lipinski definition) is 1. The molecule has 0 aromatic carbocycles. The topological polar surface area (TPSA) is 9.23 Å². The van der Waals surface area contributed by atoms with Crippen LogP contribution in [-0.4, -0.2) is 18.4 Å². The summed E-state index contributed by atoms with van der Waals surface area (Å²) >= 11 is 4.25. The van der Waals surface area contributed by atoms with Gasteiger partial charge in [0.2, 0.25) is 0 Å². The summed E-state index contributed by atoms with van der Waals surface area (Å²) in [6.07, 6.45) is -8.89. The van der Waals surface area contributed by atoms with Gasteiger partial charge in [0.1, 0.15) is 0 Å². The van der Waals surface area contributed by atoms with Crippen LogP contribution in [0.25, 0.3) is 0 Å². The van der Waals surface area contributed by atoms with Gasteiger partial charge in [-0.3, -0.25) is 4.74 Å². The zero-order valence-electron chi connectivity index (χ0n) is 4.33. The average Bonchev–Trinajstić information content (AvgIpc) is 1.60. The van der Waals surface area contributed by atoms with Crippen molar-refractivity contribution in [2.24, 2.45) is 0 Å². The molecule has 0 amide bonds. The van der Waals surface area contributed by atoms with Crippen molar-refractivity contribution in [2.75, 3.05) is 0 Å². The Hall–Kier alpha value is -0.100. The molecule has 0 rings (SSSR count). The molecule has 0 aliphatic carbocycles. The molecule has 1 nitrogen and oxygen atoms in total. The minimum Gasteiger partial charge on any atom is -0.293 e. The predicted molar refractivity (Wildman–Crippen MR) is 22.8 cm³/mol. The summed E-state index contributed by atoms with van der Waals surface area (Å²) in [5.74, 6) is -2.78. The Labute approximate surface area is 57.7 Å². The Morgan fingerprint density at radius 1 is 1.20 bits per heavy atom. The van der Waals surface area contributed by atoms with Gasteiger partial charge in [-0.05, 0) is 0 Å². The Kier molecular flexibility index (Phi) is 3.30. The SMILES string of the molecule is F[C@H](O[C@@H](F)Cl)C(F)(F)F. The Morgan fingerprint density at radius 3 is 1.70 bits per heavy atom. The van der Waals surface area contributed by atoms with Crippen LogP contribution in [-0.2, 0) is 4.74 Å². The van der Waals surface area contributed by atoms with Crippen LogP contribution in [0.1, 0.15) is 0 Å². The lowest BCUT2D eigenvalue weighted by Gasteiger charge is -2.11. The highest BCUT2D eigenvalue weighted by molar-refractivity contribution is 6.18. The number of rotatable bonds is 2. The smallest absolute Gasteiger partial charge is 0.293 e. The van der Waals surface area contributed by atoms with Crippen molar-refractivity contribution >= 4 is 11.6 Å². The molecular formula is C3H2ClF5O. The molecule has 0 unspecified atom stereocenters. The molecule has 0 saturated carbocycles. The third-order valence-corrected chi connectivity index (χ3v) is 0.583. The van der Waals surface area contributed by atoms with Crippen LogP contribution in [0.5, 0.6) is 0 Å². The first-order valence-electron chi connectivity index (χ1n) is 1.98. The van der Waals surface area contributed by atoms with Gasteiger partial charge in [0.05, 0.1) is 0 Å². The first kappa shape index (κ1) is 9.90. The molecule has 0 bridgehead atoms. The van der Waals surface area contributed by atoms with E-state index in [1.807, 2.05) is 0 Å². The summed E-state index contributed by atoms with van der Waals surface area (Å²) in [5, 5.41) is 0. The average molecular weight is 184 g/mol. The molecule has 0 N–H and O–H groups in total. The summed E-state index contributed by atoms with van der Waals surface area (Å²) < 4.78 is 58.9. The molecule has 0 spiro atoms. The molecule has 7 heteroatoms. The molecule has 62 valence electrons. The first-order chi connectivity index (χ1) is 4.34. The van der Waals surface area contributed by atoms with Crippen LogP contribution < -0.4 is 0 Å². The van der Waals surface area contributed by atoms with Crippen molar-refractivity contribution in [1.82, 2.24) is 0 Å². The summed E-state index contributed by atoms with van der Waals surface area (Å²) in [4.78, 5) is 0. The molecule has 0 aromatic heterocycles. The van der Waals surface area contributed by atoms with Crippen molar-refractivity contribution in [3.8, 4) is 0 Å². The minimum atomic E-state index is -5.22. The number of ether oxygens (including phenoxy) is 1. The quantitative estimate of drug-likeness (QED) is 0.473. The van der Waals surface area contributed by atoms with E-state index >= 15 is 0 Å². The van der Waals surface area contributed by atoms with Crippen LogP contribution in [0.2, 0.25) is 0 Å². The van der Waals surface area contributed by atoms with E-state index in [1.165, 1.54) is 0 Å². The predicted octanol–water partition coefficient (Wildman–Crippen LogP) is 2.35.